The van der Waals surface area contributed by atoms with Crippen LogP contribution in [0.4, 0.5) is 4.39 Å². The van der Waals surface area contributed by atoms with E-state index in [2.05, 4.69) is 10.6 Å². The number of piperidine rings is 1. The Labute approximate surface area is 84.4 Å². The third-order valence-corrected chi connectivity index (χ3v) is 3.08. The Kier molecular flexibility index (Phi) is 3.73. The smallest absolute Gasteiger partial charge is 0.139 e. The van der Waals surface area contributed by atoms with Crippen molar-refractivity contribution in [3.63, 3.8) is 0 Å². The molecule has 2 N–H and O–H groups in total. The molecule has 2 aliphatic heterocycles. The van der Waals surface area contributed by atoms with Crippen LogP contribution in [0, 0.1) is 0 Å². The minimum absolute atomic E-state index is 0.0202. The van der Waals surface area contributed by atoms with Gasteiger partial charge in [0.2, 0.25) is 0 Å². The fourth-order valence-electron chi connectivity index (χ4n) is 2.18. The van der Waals surface area contributed by atoms with Gasteiger partial charge in [0.1, 0.15) is 6.17 Å². The molecule has 4 heteroatoms. The van der Waals surface area contributed by atoms with Gasteiger partial charge in [0.05, 0.1) is 6.61 Å². The van der Waals surface area contributed by atoms with E-state index >= 15 is 0 Å². The Morgan fingerprint density at radius 2 is 2.00 bits per heavy atom. The first-order chi connectivity index (χ1) is 6.86. The van der Waals surface area contributed by atoms with E-state index < -0.39 is 6.17 Å². The number of rotatable bonds is 2. The maximum atomic E-state index is 13.4. The summed E-state index contributed by atoms with van der Waals surface area (Å²) in [4.78, 5) is 0. The molecule has 0 amide bonds. The second-order valence-electron chi connectivity index (χ2n) is 4.18. The van der Waals surface area contributed by atoms with Crippen molar-refractivity contribution in [3.05, 3.63) is 0 Å². The molecule has 2 unspecified atom stereocenters. The van der Waals surface area contributed by atoms with E-state index in [1.54, 1.807) is 0 Å². The van der Waals surface area contributed by atoms with Crippen LogP contribution in [-0.2, 0) is 4.74 Å². The molecule has 2 saturated heterocycles. The van der Waals surface area contributed by atoms with Crippen molar-refractivity contribution in [3.8, 4) is 0 Å². The Bertz CT molecular complexity index is 174. The second kappa shape index (κ2) is 5.05. The van der Waals surface area contributed by atoms with Gasteiger partial charge < -0.3 is 15.4 Å². The minimum Gasteiger partial charge on any atom is -0.378 e. The van der Waals surface area contributed by atoms with Gasteiger partial charge in [-0.05, 0) is 32.4 Å². The van der Waals surface area contributed by atoms with E-state index in [0.29, 0.717) is 12.6 Å². The van der Waals surface area contributed by atoms with Crippen LogP contribution in [0.3, 0.4) is 0 Å². The summed E-state index contributed by atoms with van der Waals surface area (Å²) >= 11 is 0. The quantitative estimate of drug-likeness (QED) is 0.682. The first kappa shape index (κ1) is 10.3. The number of hydrogen-bond donors (Lipinski definition) is 2. The molecule has 2 fully saturated rings. The average molecular weight is 202 g/mol. The third kappa shape index (κ3) is 2.65. The zero-order valence-electron chi connectivity index (χ0n) is 8.47. The van der Waals surface area contributed by atoms with Gasteiger partial charge in [-0.15, -0.1) is 0 Å². The van der Waals surface area contributed by atoms with E-state index in [-0.39, 0.29) is 12.6 Å². The standard InChI is InChI=1S/C10H19FN2O/c11-9-7-14-6-3-10(9)13-8-1-4-12-5-2-8/h8-10,12-13H,1-7H2. The van der Waals surface area contributed by atoms with Crippen LogP contribution in [0.5, 0.6) is 0 Å². The van der Waals surface area contributed by atoms with Crippen LogP contribution in [-0.4, -0.2) is 44.6 Å². The molecule has 14 heavy (non-hydrogen) atoms. The fraction of sp³-hybridized carbons (Fsp3) is 1.00. The maximum Gasteiger partial charge on any atom is 0.139 e. The first-order valence-electron chi connectivity index (χ1n) is 5.55. The van der Waals surface area contributed by atoms with Crippen molar-refractivity contribution in [2.45, 2.75) is 37.5 Å². The number of hydrogen-bond acceptors (Lipinski definition) is 3. The SMILES string of the molecule is FC1COCCC1NC1CCNCC1. The molecule has 2 heterocycles. The molecule has 0 saturated carbocycles. The predicted molar refractivity (Wildman–Crippen MR) is 53.1 cm³/mol. The molecule has 0 aliphatic carbocycles. The highest BCUT2D eigenvalue weighted by atomic mass is 19.1. The first-order valence-corrected chi connectivity index (χ1v) is 5.55. The van der Waals surface area contributed by atoms with Gasteiger partial charge >= 0.3 is 0 Å². The summed E-state index contributed by atoms with van der Waals surface area (Å²) < 4.78 is 18.5. The molecule has 0 radical (unpaired) electrons. The van der Waals surface area contributed by atoms with Crippen LogP contribution in [0.2, 0.25) is 0 Å². The molecular weight excluding hydrogens is 183 g/mol. The predicted octanol–water partition coefficient (Wildman–Crippen LogP) is 0.455. The molecule has 2 aliphatic rings. The molecule has 82 valence electrons. The van der Waals surface area contributed by atoms with Crippen molar-refractivity contribution in [1.82, 2.24) is 10.6 Å². The van der Waals surface area contributed by atoms with Crippen LogP contribution >= 0.6 is 0 Å². The lowest BCUT2D eigenvalue weighted by Crippen LogP contribution is -2.51. The summed E-state index contributed by atoms with van der Waals surface area (Å²) in [5, 5.41) is 6.72. The van der Waals surface area contributed by atoms with E-state index in [9.17, 15) is 4.39 Å². The molecule has 2 atom stereocenters. The van der Waals surface area contributed by atoms with Gasteiger partial charge in [-0.1, -0.05) is 0 Å². The highest BCUT2D eigenvalue weighted by molar-refractivity contribution is 4.84. The van der Waals surface area contributed by atoms with Gasteiger partial charge in [0, 0.05) is 18.7 Å². The molecule has 0 aromatic heterocycles. The number of halogens is 1. The van der Waals surface area contributed by atoms with Crippen LogP contribution in [0.25, 0.3) is 0 Å². The van der Waals surface area contributed by atoms with Crippen LogP contribution in [0.15, 0.2) is 0 Å². The fourth-order valence-corrected chi connectivity index (χ4v) is 2.18. The minimum atomic E-state index is -0.821. The summed E-state index contributed by atoms with van der Waals surface area (Å²) in [5.74, 6) is 0. The summed E-state index contributed by atoms with van der Waals surface area (Å²) in [6.07, 6.45) is 2.22. The lowest BCUT2D eigenvalue weighted by atomic mass is 10.0. The number of alkyl halides is 1. The zero-order chi connectivity index (χ0) is 9.80. The van der Waals surface area contributed by atoms with E-state index in [0.717, 1.165) is 32.4 Å². The maximum absolute atomic E-state index is 13.4. The second-order valence-corrected chi connectivity index (χ2v) is 4.18. The van der Waals surface area contributed by atoms with E-state index in [1.807, 2.05) is 0 Å². The molecular formula is C10H19FN2O. The van der Waals surface area contributed by atoms with Gasteiger partial charge in [-0.3, -0.25) is 0 Å². The van der Waals surface area contributed by atoms with E-state index in [1.165, 1.54) is 0 Å². The normalized spacial score (nSPS) is 35.8. The molecule has 0 bridgehead atoms. The lowest BCUT2D eigenvalue weighted by molar-refractivity contribution is 0.00990. The monoisotopic (exact) mass is 202 g/mol. The highest BCUT2D eigenvalue weighted by Crippen LogP contribution is 2.14. The van der Waals surface area contributed by atoms with Crippen molar-refractivity contribution in [2.75, 3.05) is 26.3 Å². The van der Waals surface area contributed by atoms with Gasteiger partial charge in [0.15, 0.2) is 0 Å². The highest BCUT2D eigenvalue weighted by Gasteiger charge is 2.27. The molecule has 2 rings (SSSR count). The molecule has 0 aromatic rings. The van der Waals surface area contributed by atoms with Gasteiger partial charge in [0.25, 0.3) is 0 Å². The number of ether oxygens (including phenoxy) is 1. The van der Waals surface area contributed by atoms with E-state index in [4.69, 9.17) is 4.74 Å². The Hall–Kier alpha value is -0.190. The van der Waals surface area contributed by atoms with Crippen molar-refractivity contribution in [2.24, 2.45) is 0 Å². The Balaban J connectivity index is 1.76. The van der Waals surface area contributed by atoms with Crippen LogP contribution in [0.1, 0.15) is 19.3 Å². The van der Waals surface area contributed by atoms with Gasteiger partial charge in [-0.25, -0.2) is 4.39 Å². The van der Waals surface area contributed by atoms with Crippen molar-refractivity contribution < 1.29 is 9.13 Å². The molecule has 0 aromatic carbocycles. The van der Waals surface area contributed by atoms with Crippen molar-refractivity contribution in [1.29, 1.82) is 0 Å². The van der Waals surface area contributed by atoms with Crippen molar-refractivity contribution >= 4 is 0 Å². The summed E-state index contributed by atoms with van der Waals surface area (Å²) in [7, 11) is 0. The lowest BCUT2D eigenvalue weighted by Gasteiger charge is -2.33. The van der Waals surface area contributed by atoms with Gasteiger partial charge in [-0.2, -0.15) is 0 Å². The van der Waals surface area contributed by atoms with Crippen LogP contribution < -0.4 is 10.6 Å². The summed E-state index contributed by atoms with van der Waals surface area (Å²) in [6, 6.07) is 0.518. The third-order valence-electron chi connectivity index (χ3n) is 3.08. The molecule has 0 spiro atoms. The zero-order valence-corrected chi connectivity index (χ0v) is 8.47. The topological polar surface area (TPSA) is 33.3 Å². The summed E-state index contributed by atoms with van der Waals surface area (Å²) in [5.41, 5.74) is 0. The summed E-state index contributed by atoms with van der Waals surface area (Å²) in [6.45, 7) is 3.07. The number of nitrogens with one attached hydrogen (secondary N) is 2. The average Bonchev–Trinajstić information content (AvgIpc) is 2.23. The Morgan fingerprint density at radius 3 is 2.71 bits per heavy atom. The largest absolute Gasteiger partial charge is 0.378 e. The Morgan fingerprint density at radius 1 is 1.21 bits per heavy atom. The molecule has 3 nitrogen and oxygen atoms in total.